The van der Waals surface area contributed by atoms with Gasteiger partial charge in [0.05, 0.1) is 0 Å². The first-order chi connectivity index (χ1) is 7.26. The van der Waals surface area contributed by atoms with Crippen LogP contribution in [0.25, 0.3) is 0 Å². The molecule has 0 heterocycles. The van der Waals surface area contributed by atoms with Crippen LogP contribution in [0, 0.1) is 0 Å². The second-order valence-corrected chi connectivity index (χ2v) is 3.68. The molecule has 84 valence electrons. The number of phenols is 1. The molecule has 0 saturated carbocycles. The van der Waals surface area contributed by atoms with Crippen LogP contribution in [0.1, 0.15) is 18.9 Å². The Kier molecular flexibility index (Phi) is 5.15. The molecule has 0 saturated heterocycles. The summed E-state index contributed by atoms with van der Waals surface area (Å²) in [5.74, 6) is 0.323. The van der Waals surface area contributed by atoms with E-state index >= 15 is 0 Å². The zero-order chi connectivity index (χ0) is 11.1. The van der Waals surface area contributed by atoms with E-state index in [2.05, 4.69) is 11.8 Å². The van der Waals surface area contributed by atoms with Crippen molar-refractivity contribution in [2.75, 3.05) is 19.6 Å². The van der Waals surface area contributed by atoms with Crippen LogP contribution in [0.15, 0.2) is 24.3 Å². The molecule has 0 spiro atoms. The molecule has 0 fully saturated rings. The molecule has 0 atom stereocenters. The molecule has 1 rings (SSSR count). The molecular formula is C12H20N2O. The van der Waals surface area contributed by atoms with Gasteiger partial charge in [-0.25, -0.2) is 0 Å². The van der Waals surface area contributed by atoms with Crippen molar-refractivity contribution < 1.29 is 5.11 Å². The Morgan fingerprint density at radius 1 is 1.27 bits per heavy atom. The highest BCUT2D eigenvalue weighted by Crippen LogP contribution is 2.11. The van der Waals surface area contributed by atoms with E-state index in [4.69, 9.17) is 10.8 Å². The van der Waals surface area contributed by atoms with Crippen molar-refractivity contribution >= 4 is 0 Å². The molecule has 0 amide bonds. The summed E-state index contributed by atoms with van der Waals surface area (Å²) in [5, 5.41) is 9.16. The number of nitrogens with two attached hydrogens (primary N) is 1. The van der Waals surface area contributed by atoms with Crippen molar-refractivity contribution in [3.8, 4) is 5.75 Å². The third kappa shape index (κ3) is 4.32. The van der Waals surface area contributed by atoms with Crippen LogP contribution in [-0.2, 0) is 6.54 Å². The first kappa shape index (κ1) is 12.0. The predicted octanol–water partition coefficient (Wildman–Crippen LogP) is 1.56. The van der Waals surface area contributed by atoms with E-state index in [9.17, 15) is 0 Å². The maximum atomic E-state index is 9.16. The minimum atomic E-state index is 0.323. The topological polar surface area (TPSA) is 49.5 Å². The summed E-state index contributed by atoms with van der Waals surface area (Å²) in [7, 11) is 0. The molecule has 15 heavy (non-hydrogen) atoms. The maximum absolute atomic E-state index is 9.16. The lowest BCUT2D eigenvalue weighted by molar-refractivity contribution is 0.278. The van der Waals surface area contributed by atoms with Gasteiger partial charge >= 0.3 is 0 Å². The zero-order valence-corrected chi connectivity index (χ0v) is 9.32. The number of nitrogens with zero attached hydrogens (tertiary/aromatic N) is 1. The average Bonchev–Trinajstić information content (AvgIpc) is 2.27. The van der Waals surface area contributed by atoms with Gasteiger partial charge in [0, 0.05) is 6.54 Å². The number of rotatable bonds is 6. The van der Waals surface area contributed by atoms with Gasteiger partial charge in [-0.1, -0.05) is 19.1 Å². The molecule has 0 aliphatic heterocycles. The number of benzene rings is 1. The van der Waals surface area contributed by atoms with Gasteiger partial charge in [0.15, 0.2) is 0 Å². The fourth-order valence-corrected chi connectivity index (χ4v) is 1.52. The van der Waals surface area contributed by atoms with Crippen molar-refractivity contribution in [2.45, 2.75) is 19.9 Å². The molecule has 0 aromatic heterocycles. The van der Waals surface area contributed by atoms with E-state index in [1.165, 1.54) is 5.56 Å². The van der Waals surface area contributed by atoms with Gasteiger partial charge in [0.2, 0.25) is 0 Å². The van der Waals surface area contributed by atoms with Crippen molar-refractivity contribution in [3.63, 3.8) is 0 Å². The number of hydrogen-bond donors (Lipinski definition) is 2. The van der Waals surface area contributed by atoms with Crippen LogP contribution < -0.4 is 5.73 Å². The van der Waals surface area contributed by atoms with Gasteiger partial charge in [-0.05, 0) is 43.8 Å². The summed E-state index contributed by atoms with van der Waals surface area (Å²) in [6.45, 7) is 5.88. The van der Waals surface area contributed by atoms with Gasteiger partial charge in [-0.2, -0.15) is 0 Å². The van der Waals surface area contributed by atoms with Crippen LogP contribution in [0.2, 0.25) is 0 Å². The minimum Gasteiger partial charge on any atom is -0.508 e. The van der Waals surface area contributed by atoms with E-state index in [1.54, 1.807) is 12.1 Å². The molecule has 0 aliphatic rings. The number of hydrogen-bond acceptors (Lipinski definition) is 3. The molecule has 0 bridgehead atoms. The normalized spacial score (nSPS) is 10.9. The molecule has 3 nitrogen and oxygen atoms in total. The lowest BCUT2D eigenvalue weighted by Crippen LogP contribution is -2.25. The Labute approximate surface area is 91.5 Å². The molecule has 1 aromatic rings. The van der Waals surface area contributed by atoms with E-state index in [0.29, 0.717) is 5.75 Å². The van der Waals surface area contributed by atoms with Crippen molar-refractivity contribution in [1.29, 1.82) is 0 Å². The highest BCUT2D eigenvalue weighted by atomic mass is 16.3. The Morgan fingerprint density at radius 3 is 2.47 bits per heavy atom. The first-order valence-electron chi connectivity index (χ1n) is 5.46. The smallest absolute Gasteiger partial charge is 0.115 e. The maximum Gasteiger partial charge on any atom is 0.115 e. The van der Waals surface area contributed by atoms with E-state index < -0.39 is 0 Å². The van der Waals surface area contributed by atoms with E-state index in [-0.39, 0.29) is 0 Å². The van der Waals surface area contributed by atoms with Crippen molar-refractivity contribution in [3.05, 3.63) is 29.8 Å². The fraction of sp³-hybridized carbons (Fsp3) is 0.500. The molecule has 0 unspecified atom stereocenters. The highest BCUT2D eigenvalue weighted by Gasteiger charge is 2.02. The third-order valence-electron chi connectivity index (χ3n) is 2.47. The molecule has 0 radical (unpaired) electrons. The average molecular weight is 208 g/mol. The second kappa shape index (κ2) is 6.43. The van der Waals surface area contributed by atoms with E-state index in [1.807, 2.05) is 12.1 Å². The summed E-state index contributed by atoms with van der Waals surface area (Å²) in [6, 6.07) is 7.37. The third-order valence-corrected chi connectivity index (χ3v) is 2.47. The number of phenolic OH excluding ortho intramolecular Hbond substituents is 1. The quantitative estimate of drug-likeness (QED) is 0.746. The van der Waals surface area contributed by atoms with Crippen molar-refractivity contribution in [1.82, 2.24) is 4.90 Å². The first-order valence-corrected chi connectivity index (χ1v) is 5.46. The molecule has 1 aromatic carbocycles. The Morgan fingerprint density at radius 2 is 1.93 bits per heavy atom. The van der Waals surface area contributed by atoms with Gasteiger partial charge in [-0.15, -0.1) is 0 Å². The van der Waals surface area contributed by atoms with Crippen LogP contribution in [-0.4, -0.2) is 29.6 Å². The van der Waals surface area contributed by atoms with E-state index in [0.717, 1.165) is 32.6 Å². The summed E-state index contributed by atoms with van der Waals surface area (Å²) in [6.07, 6.45) is 1.03. The van der Waals surface area contributed by atoms with Gasteiger partial charge < -0.3 is 10.8 Å². The van der Waals surface area contributed by atoms with Crippen molar-refractivity contribution in [2.24, 2.45) is 5.73 Å². The Bertz CT molecular complexity index is 271. The van der Waals surface area contributed by atoms with Gasteiger partial charge in [-0.3, -0.25) is 4.90 Å². The summed E-state index contributed by atoms with van der Waals surface area (Å²) < 4.78 is 0. The minimum absolute atomic E-state index is 0.323. The SMILES string of the molecule is CCN(CCCN)Cc1ccc(O)cc1. The lowest BCUT2D eigenvalue weighted by Gasteiger charge is -2.19. The largest absolute Gasteiger partial charge is 0.508 e. The standard InChI is InChI=1S/C12H20N2O/c1-2-14(9-3-8-13)10-11-4-6-12(15)7-5-11/h4-7,15H,2-3,8-10,13H2,1H3. The Balaban J connectivity index is 2.47. The summed E-state index contributed by atoms with van der Waals surface area (Å²) in [4.78, 5) is 2.35. The lowest BCUT2D eigenvalue weighted by atomic mass is 10.2. The second-order valence-electron chi connectivity index (χ2n) is 3.68. The monoisotopic (exact) mass is 208 g/mol. The number of aromatic hydroxyl groups is 1. The summed E-state index contributed by atoms with van der Waals surface area (Å²) >= 11 is 0. The molecule has 3 N–H and O–H groups in total. The summed E-state index contributed by atoms with van der Waals surface area (Å²) in [5.41, 5.74) is 6.71. The highest BCUT2D eigenvalue weighted by molar-refractivity contribution is 5.25. The molecular weight excluding hydrogens is 188 g/mol. The van der Waals surface area contributed by atoms with Gasteiger partial charge in [0.25, 0.3) is 0 Å². The Hall–Kier alpha value is -1.06. The van der Waals surface area contributed by atoms with Crippen LogP contribution in [0.3, 0.4) is 0 Å². The molecule has 3 heteroatoms. The van der Waals surface area contributed by atoms with Crippen LogP contribution >= 0.6 is 0 Å². The molecule has 0 aliphatic carbocycles. The van der Waals surface area contributed by atoms with Crippen LogP contribution in [0.4, 0.5) is 0 Å². The van der Waals surface area contributed by atoms with Crippen LogP contribution in [0.5, 0.6) is 5.75 Å². The van der Waals surface area contributed by atoms with Gasteiger partial charge in [0.1, 0.15) is 5.75 Å². The zero-order valence-electron chi connectivity index (χ0n) is 9.32. The predicted molar refractivity (Wildman–Crippen MR) is 62.7 cm³/mol. The fourth-order valence-electron chi connectivity index (χ4n) is 1.52.